The summed E-state index contributed by atoms with van der Waals surface area (Å²) in [5, 5.41) is 0. The largest absolute Gasteiger partial charge is 0.271 e. The molecule has 1 saturated carbocycles. The molecule has 0 saturated heterocycles. The van der Waals surface area contributed by atoms with E-state index in [0.29, 0.717) is 6.04 Å². The van der Waals surface area contributed by atoms with Crippen LogP contribution in [-0.4, -0.2) is 0 Å². The Kier molecular flexibility index (Phi) is 2.81. The van der Waals surface area contributed by atoms with Crippen LogP contribution in [0.2, 0.25) is 0 Å². The van der Waals surface area contributed by atoms with Crippen molar-refractivity contribution in [3.05, 3.63) is 34.9 Å². The Labute approximate surface area is 91.8 Å². The fraction of sp³-hybridized carbons (Fsp3) is 0.538. The van der Waals surface area contributed by atoms with Gasteiger partial charge in [0, 0.05) is 6.04 Å². The van der Waals surface area contributed by atoms with E-state index in [1.165, 1.54) is 23.1 Å². The van der Waals surface area contributed by atoms with Crippen molar-refractivity contribution >= 4 is 0 Å². The van der Waals surface area contributed by atoms with E-state index in [1.807, 2.05) is 0 Å². The van der Waals surface area contributed by atoms with Crippen LogP contribution in [0.25, 0.3) is 0 Å². The highest BCUT2D eigenvalue weighted by molar-refractivity contribution is 5.33. The van der Waals surface area contributed by atoms with E-state index in [2.05, 4.69) is 44.4 Å². The molecule has 82 valence electrons. The Morgan fingerprint density at radius 3 is 2.53 bits per heavy atom. The van der Waals surface area contributed by atoms with Crippen molar-refractivity contribution in [1.82, 2.24) is 5.43 Å². The average molecular weight is 204 g/mol. The molecule has 0 amide bonds. The number of hydrogen-bond acceptors (Lipinski definition) is 2. The molecule has 0 aromatic heterocycles. The molecule has 3 N–H and O–H groups in total. The Morgan fingerprint density at radius 1 is 1.40 bits per heavy atom. The quantitative estimate of drug-likeness (QED) is 0.586. The zero-order chi connectivity index (χ0) is 11.0. The number of aryl methyl sites for hydroxylation is 2. The molecule has 0 bridgehead atoms. The fourth-order valence-electron chi connectivity index (χ4n) is 2.43. The van der Waals surface area contributed by atoms with Crippen LogP contribution in [0.3, 0.4) is 0 Å². The van der Waals surface area contributed by atoms with Gasteiger partial charge in [-0.3, -0.25) is 11.3 Å². The second kappa shape index (κ2) is 3.95. The van der Waals surface area contributed by atoms with E-state index in [9.17, 15) is 0 Å². The van der Waals surface area contributed by atoms with Crippen molar-refractivity contribution in [2.24, 2.45) is 17.7 Å². The number of hydrazine groups is 1. The minimum absolute atomic E-state index is 0.334. The molecule has 2 heteroatoms. The number of hydrogen-bond donors (Lipinski definition) is 2. The summed E-state index contributed by atoms with van der Waals surface area (Å²) in [6, 6.07) is 6.94. The van der Waals surface area contributed by atoms with Crippen LogP contribution in [0.1, 0.15) is 36.1 Å². The van der Waals surface area contributed by atoms with Crippen LogP contribution in [0, 0.1) is 25.7 Å². The second-order valence-corrected chi connectivity index (χ2v) is 4.88. The standard InChI is InChI=1S/C13H20N2/c1-8-4-5-11(9(2)6-8)13(15-14)12-7-10(12)3/h4-6,10,12-13,15H,7,14H2,1-3H3. The fourth-order valence-corrected chi connectivity index (χ4v) is 2.43. The van der Waals surface area contributed by atoms with Gasteiger partial charge in [0.1, 0.15) is 0 Å². The Hall–Kier alpha value is -0.860. The molecule has 3 unspecified atom stereocenters. The van der Waals surface area contributed by atoms with E-state index in [0.717, 1.165) is 11.8 Å². The molecule has 2 nitrogen and oxygen atoms in total. The van der Waals surface area contributed by atoms with E-state index < -0.39 is 0 Å². The minimum atomic E-state index is 0.334. The van der Waals surface area contributed by atoms with Crippen molar-refractivity contribution in [1.29, 1.82) is 0 Å². The molecule has 1 aromatic carbocycles. The third-order valence-corrected chi connectivity index (χ3v) is 3.54. The maximum absolute atomic E-state index is 5.66. The van der Waals surface area contributed by atoms with Crippen molar-refractivity contribution in [2.75, 3.05) is 0 Å². The van der Waals surface area contributed by atoms with Gasteiger partial charge >= 0.3 is 0 Å². The molecule has 0 aliphatic heterocycles. The van der Waals surface area contributed by atoms with E-state index in [-0.39, 0.29) is 0 Å². The van der Waals surface area contributed by atoms with Gasteiger partial charge in [-0.15, -0.1) is 0 Å². The van der Waals surface area contributed by atoms with Crippen molar-refractivity contribution in [3.63, 3.8) is 0 Å². The summed E-state index contributed by atoms with van der Waals surface area (Å²) in [6.07, 6.45) is 1.29. The molecule has 0 spiro atoms. The predicted octanol–water partition coefficient (Wildman–Crippen LogP) is 2.46. The molecule has 3 atom stereocenters. The van der Waals surface area contributed by atoms with Gasteiger partial charge in [0.05, 0.1) is 0 Å². The maximum atomic E-state index is 5.66. The second-order valence-electron chi connectivity index (χ2n) is 4.88. The molecule has 1 aliphatic rings. The molecule has 0 radical (unpaired) electrons. The summed E-state index contributed by atoms with van der Waals surface area (Å²) < 4.78 is 0. The lowest BCUT2D eigenvalue weighted by Crippen LogP contribution is -2.30. The molecule has 0 heterocycles. The van der Waals surface area contributed by atoms with Gasteiger partial charge in [-0.25, -0.2) is 0 Å². The summed E-state index contributed by atoms with van der Waals surface area (Å²) in [6.45, 7) is 6.58. The van der Waals surface area contributed by atoms with Gasteiger partial charge in [-0.05, 0) is 43.2 Å². The topological polar surface area (TPSA) is 38.0 Å². The van der Waals surface area contributed by atoms with E-state index >= 15 is 0 Å². The maximum Gasteiger partial charge on any atom is 0.0493 e. The molecule has 2 rings (SSSR count). The van der Waals surface area contributed by atoms with Crippen LogP contribution in [-0.2, 0) is 0 Å². The minimum Gasteiger partial charge on any atom is -0.271 e. The van der Waals surface area contributed by atoms with Crippen LogP contribution in [0.5, 0.6) is 0 Å². The smallest absolute Gasteiger partial charge is 0.0493 e. The molecular weight excluding hydrogens is 184 g/mol. The first-order valence-electron chi connectivity index (χ1n) is 5.66. The molecule has 1 fully saturated rings. The lowest BCUT2D eigenvalue weighted by atomic mass is 9.96. The summed E-state index contributed by atoms with van der Waals surface area (Å²) in [7, 11) is 0. The summed E-state index contributed by atoms with van der Waals surface area (Å²) in [4.78, 5) is 0. The Bertz CT molecular complexity index is 360. The lowest BCUT2D eigenvalue weighted by molar-refractivity contribution is 0.474. The monoisotopic (exact) mass is 204 g/mol. The number of nitrogens with two attached hydrogens (primary N) is 1. The summed E-state index contributed by atoms with van der Waals surface area (Å²) in [5.41, 5.74) is 6.99. The highest BCUT2D eigenvalue weighted by Crippen LogP contribution is 2.47. The molecule has 1 aromatic rings. The Morgan fingerprint density at radius 2 is 2.07 bits per heavy atom. The lowest BCUT2D eigenvalue weighted by Gasteiger charge is -2.18. The Balaban J connectivity index is 2.26. The third kappa shape index (κ3) is 2.06. The summed E-state index contributed by atoms with van der Waals surface area (Å²) in [5.74, 6) is 7.20. The van der Waals surface area contributed by atoms with Gasteiger partial charge in [-0.2, -0.15) is 0 Å². The van der Waals surface area contributed by atoms with Crippen molar-refractivity contribution in [2.45, 2.75) is 33.2 Å². The average Bonchev–Trinajstić information content (AvgIpc) is 2.88. The number of rotatable bonds is 3. The van der Waals surface area contributed by atoms with Gasteiger partial charge in [-0.1, -0.05) is 30.7 Å². The number of benzene rings is 1. The molecule has 15 heavy (non-hydrogen) atoms. The van der Waals surface area contributed by atoms with Crippen LogP contribution < -0.4 is 11.3 Å². The SMILES string of the molecule is Cc1ccc(C(NN)C2CC2C)c(C)c1. The zero-order valence-corrected chi connectivity index (χ0v) is 9.75. The first-order chi connectivity index (χ1) is 7.13. The summed E-state index contributed by atoms with van der Waals surface area (Å²) >= 11 is 0. The van der Waals surface area contributed by atoms with E-state index in [1.54, 1.807) is 0 Å². The first-order valence-corrected chi connectivity index (χ1v) is 5.66. The molecular formula is C13H20N2. The van der Waals surface area contributed by atoms with Crippen LogP contribution >= 0.6 is 0 Å². The van der Waals surface area contributed by atoms with E-state index in [4.69, 9.17) is 5.84 Å². The number of nitrogens with one attached hydrogen (secondary N) is 1. The van der Waals surface area contributed by atoms with Crippen LogP contribution in [0.4, 0.5) is 0 Å². The van der Waals surface area contributed by atoms with Gasteiger partial charge in [0.25, 0.3) is 0 Å². The van der Waals surface area contributed by atoms with Crippen LogP contribution in [0.15, 0.2) is 18.2 Å². The van der Waals surface area contributed by atoms with Crippen molar-refractivity contribution in [3.8, 4) is 0 Å². The highest BCUT2D eigenvalue weighted by atomic mass is 15.2. The van der Waals surface area contributed by atoms with Crippen molar-refractivity contribution < 1.29 is 0 Å². The third-order valence-electron chi connectivity index (χ3n) is 3.54. The predicted molar refractivity (Wildman–Crippen MR) is 63.3 cm³/mol. The normalized spacial score (nSPS) is 26.4. The first kappa shape index (κ1) is 10.7. The zero-order valence-electron chi connectivity index (χ0n) is 9.75. The van der Waals surface area contributed by atoms with Gasteiger partial charge in [0.15, 0.2) is 0 Å². The highest BCUT2D eigenvalue weighted by Gasteiger charge is 2.40. The molecule has 1 aliphatic carbocycles. The van der Waals surface area contributed by atoms with Gasteiger partial charge < -0.3 is 0 Å². The van der Waals surface area contributed by atoms with Gasteiger partial charge in [0.2, 0.25) is 0 Å².